The highest BCUT2D eigenvalue weighted by atomic mass is 32.3. The van der Waals surface area contributed by atoms with E-state index in [1.165, 1.54) is 13.3 Å². The van der Waals surface area contributed by atoms with Crippen molar-refractivity contribution in [2.45, 2.75) is 0 Å². The summed E-state index contributed by atoms with van der Waals surface area (Å²) in [6.07, 6.45) is 2.88. The van der Waals surface area contributed by atoms with Gasteiger partial charge in [0.1, 0.15) is 5.82 Å². The van der Waals surface area contributed by atoms with Gasteiger partial charge in [0.15, 0.2) is 0 Å². The fourth-order valence-electron chi connectivity index (χ4n) is 0.621. The van der Waals surface area contributed by atoms with Gasteiger partial charge in [0.25, 0.3) is 0 Å². The zero-order valence-corrected chi connectivity index (χ0v) is 8.45. The number of anilines is 1. The van der Waals surface area contributed by atoms with Crippen LogP contribution in [0.1, 0.15) is 0 Å². The number of nitrogens with two attached hydrogens (primary N) is 1. The Morgan fingerprint density at radius 1 is 1.38 bits per heavy atom. The van der Waals surface area contributed by atoms with E-state index in [9.17, 15) is 0 Å². The topological polar surface area (TPSA) is 91.4 Å². The number of hydrogen-bond donors (Lipinski definition) is 4. The molecule has 1 aromatic rings. The van der Waals surface area contributed by atoms with E-state index in [4.69, 9.17) is 9.11 Å². The molecule has 0 spiro atoms. The minimum Gasteiger partial charge on any atom is -0.333 e. The largest absolute Gasteiger partial charge is 0.333 e. The minimum absolute atomic E-state index is 0.468. The van der Waals surface area contributed by atoms with E-state index in [1.54, 1.807) is 24.4 Å². The minimum atomic E-state index is -2.69. The van der Waals surface area contributed by atoms with E-state index >= 15 is 0 Å². The average molecular weight is 205 g/mol. The molecule has 0 radical (unpaired) electrons. The normalized spacial score (nSPS) is 11.2. The van der Waals surface area contributed by atoms with Crippen molar-refractivity contribution in [2.24, 2.45) is 5.73 Å². The van der Waals surface area contributed by atoms with Gasteiger partial charge in [-0.15, -0.1) is 10.8 Å². The zero-order valence-electron chi connectivity index (χ0n) is 7.64. The Bertz CT molecular complexity index is 225. The van der Waals surface area contributed by atoms with E-state index in [0.29, 0.717) is 5.82 Å². The molecule has 0 amide bonds. The summed E-state index contributed by atoms with van der Waals surface area (Å²) < 4.78 is 20.4. The highest BCUT2D eigenvalue weighted by molar-refractivity contribution is 8.24. The summed E-state index contributed by atoms with van der Waals surface area (Å²) in [6.45, 7) is 0. The van der Waals surface area contributed by atoms with Gasteiger partial charge in [-0.2, -0.15) is 0 Å². The first-order valence-corrected chi connectivity index (χ1v) is 5.53. The third-order valence-electron chi connectivity index (χ3n) is 0.963. The van der Waals surface area contributed by atoms with Crippen molar-refractivity contribution in [1.29, 1.82) is 0 Å². The molecule has 0 aliphatic heterocycles. The standard InChI is InChI=1S/C6H10N2O2S.CH5N/c1-11(9,10)8-6-4-2-3-5-7-6;1-2/h2-5,9-10H,1H3,(H,7,8);2H2,1H3. The van der Waals surface area contributed by atoms with E-state index in [1.807, 2.05) is 0 Å². The summed E-state index contributed by atoms with van der Waals surface area (Å²) >= 11 is 0. The van der Waals surface area contributed by atoms with E-state index in [-0.39, 0.29) is 0 Å². The predicted octanol–water partition coefficient (Wildman–Crippen LogP) is 1.36. The molecule has 5 N–H and O–H groups in total. The number of rotatable bonds is 2. The van der Waals surface area contributed by atoms with E-state index in [2.05, 4.69) is 15.4 Å². The molecular formula is C7H15N3O2S. The molecule has 0 saturated heterocycles. The van der Waals surface area contributed by atoms with Gasteiger partial charge < -0.3 is 5.73 Å². The molecule has 1 aromatic heterocycles. The van der Waals surface area contributed by atoms with Gasteiger partial charge in [-0.05, 0) is 19.2 Å². The molecular weight excluding hydrogens is 190 g/mol. The van der Waals surface area contributed by atoms with Crippen LogP contribution < -0.4 is 10.5 Å². The molecule has 1 rings (SSSR count). The Balaban J connectivity index is 0.000000671. The number of pyridine rings is 1. The van der Waals surface area contributed by atoms with E-state index in [0.717, 1.165) is 0 Å². The lowest BCUT2D eigenvalue weighted by Gasteiger charge is -2.27. The second-order valence-electron chi connectivity index (χ2n) is 2.15. The molecule has 1 heterocycles. The smallest absolute Gasteiger partial charge is 0.143 e. The van der Waals surface area contributed by atoms with Crippen LogP contribution in [0.25, 0.3) is 0 Å². The van der Waals surface area contributed by atoms with Crippen LogP contribution in [0.4, 0.5) is 5.82 Å². The van der Waals surface area contributed by atoms with Crippen LogP contribution in [0.5, 0.6) is 0 Å². The summed E-state index contributed by atoms with van der Waals surface area (Å²) in [5.41, 5.74) is 4.50. The van der Waals surface area contributed by atoms with Crippen molar-refractivity contribution < 1.29 is 9.11 Å². The lowest BCUT2D eigenvalue weighted by molar-refractivity contribution is 0.502. The molecule has 0 aromatic carbocycles. The van der Waals surface area contributed by atoms with Crippen LogP contribution in [0.2, 0.25) is 0 Å². The van der Waals surface area contributed by atoms with E-state index < -0.39 is 10.8 Å². The summed E-state index contributed by atoms with van der Waals surface area (Å²) in [5, 5.41) is 0. The fourth-order valence-corrected chi connectivity index (χ4v) is 1.14. The van der Waals surface area contributed by atoms with Gasteiger partial charge in [0.05, 0.1) is 0 Å². The first kappa shape index (κ1) is 12.2. The quantitative estimate of drug-likeness (QED) is 0.585. The van der Waals surface area contributed by atoms with Crippen LogP contribution in [0.15, 0.2) is 24.4 Å². The summed E-state index contributed by atoms with van der Waals surface area (Å²) in [6, 6.07) is 5.19. The van der Waals surface area contributed by atoms with Crippen molar-refractivity contribution in [2.75, 3.05) is 18.0 Å². The summed E-state index contributed by atoms with van der Waals surface area (Å²) in [7, 11) is -1.19. The maximum absolute atomic E-state index is 8.96. The highest BCUT2D eigenvalue weighted by Gasteiger charge is 2.02. The molecule has 0 atom stereocenters. The fraction of sp³-hybridized carbons (Fsp3) is 0.286. The van der Waals surface area contributed by atoms with Crippen LogP contribution in [0, 0.1) is 0 Å². The van der Waals surface area contributed by atoms with Gasteiger partial charge in [-0.3, -0.25) is 13.8 Å². The van der Waals surface area contributed by atoms with Crippen LogP contribution in [-0.4, -0.2) is 27.4 Å². The Hall–Kier alpha value is -0.820. The molecule has 0 unspecified atom stereocenters. The molecule has 0 bridgehead atoms. The maximum atomic E-state index is 8.96. The second-order valence-corrected chi connectivity index (χ2v) is 4.02. The number of aromatic nitrogens is 1. The van der Waals surface area contributed by atoms with Crippen molar-refractivity contribution in [3.63, 3.8) is 0 Å². The second kappa shape index (κ2) is 5.76. The van der Waals surface area contributed by atoms with Crippen molar-refractivity contribution in [3.8, 4) is 0 Å². The third kappa shape index (κ3) is 6.35. The van der Waals surface area contributed by atoms with Gasteiger partial charge in [-0.25, -0.2) is 4.98 Å². The molecule has 0 fully saturated rings. The van der Waals surface area contributed by atoms with Crippen molar-refractivity contribution in [3.05, 3.63) is 24.4 Å². The highest BCUT2D eigenvalue weighted by Crippen LogP contribution is 2.32. The molecule has 6 heteroatoms. The van der Waals surface area contributed by atoms with Crippen LogP contribution in [0.3, 0.4) is 0 Å². The Morgan fingerprint density at radius 3 is 2.38 bits per heavy atom. The Kier molecular flexibility index (Phi) is 5.40. The first-order chi connectivity index (χ1) is 6.08. The summed E-state index contributed by atoms with van der Waals surface area (Å²) in [4.78, 5) is 3.85. The number of nitrogens with one attached hydrogen (secondary N) is 1. The van der Waals surface area contributed by atoms with Crippen molar-refractivity contribution >= 4 is 16.6 Å². The first-order valence-electron chi connectivity index (χ1n) is 3.58. The zero-order chi connectivity index (χ0) is 10.3. The Morgan fingerprint density at radius 2 is 2.00 bits per heavy atom. The molecule has 13 heavy (non-hydrogen) atoms. The molecule has 5 nitrogen and oxygen atoms in total. The molecule has 76 valence electrons. The molecule has 0 aliphatic carbocycles. The van der Waals surface area contributed by atoms with Gasteiger partial charge in [0.2, 0.25) is 0 Å². The molecule has 0 saturated carbocycles. The van der Waals surface area contributed by atoms with Gasteiger partial charge >= 0.3 is 0 Å². The Labute approximate surface area is 79.5 Å². The van der Waals surface area contributed by atoms with Gasteiger partial charge in [0, 0.05) is 12.5 Å². The lowest BCUT2D eigenvalue weighted by Crippen LogP contribution is -2.07. The summed E-state index contributed by atoms with van der Waals surface area (Å²) in [5.74, 6) is 0.468. The van der Waals surface area contributed by atoms with Gasteiger partial charge in [-0.1, -0.05) is 6.07 Å². The predicted molar refractivity (Wildman–Crippen MR) is 56.7 cm³/mol. The number of hydrogen-bond acceptors (Lipinski definition) is 5. The van der Waals surface area contributed by atoms with Crippen LogP contribution in [-0.2, 0) is 0 Å². The lowest BCUT2D eigenvalue weighted by atomic mass is 10.5. The monoisotopic (exact) mass is 205 g/mol. The van der Waals surface area contributed by atoms with Crippen LogP contribution >= 0.6 is 10.8 Å². The SMILES string of the molecule is CN.CS(O)(O)Nc1ccccn1. The third-order valence-corrected chi connectivity index (χ3v) is 1.56. The average Bonchev–Trinajstić information content (AvgIpc) is 2.07. The maximum Gasteiger partial charge on any atom is 0.143 e. The number of nitrogens with zero attached hydrogens (tertiary/aromatic N) is 1. The van der Waals surface area contributed by atoms with Crippen molar-refractivity contribution in [1.82, 2.24) is 4.98 Å². The molecule has 0 aliphatic rings.